The van der Waals surface area contributed by atoms with Gasteiger partial charge >= 0.3 is 0 Å². The van der Waals surface area contributed by atoms with Crippen molar-refractivity contribution in [2.24, 2.45) is 5.92 Å². The minimum atomic E-state index is -0.508. The van der Waals surface area contributed by atoms with Crippen LogP contribution >= 0.6 is 0 Å². The third-order valence-corrected chi connectivity index (χ3v) is 2.59. The maximum atomic E-state index is 13.5. The first-order chi connectivity index (χ1) is 7.22. The summed E-state index contributed by atoms with van der Waals surface area (Å²) in [6.07, 6.45) is 0. The Kier molecular flexibility index (Phi) is 2.68. The van der Waals surface area contributed by atoms with E-state index in [-0.39, 0.29) is 17.3 Å². The second-order valence-corrected chi connectivity index (χ2v) is 3.57. The highest BCUT2D eigenvalue weighted by Gasteiger charge is 2.27. The van der Waals surface area contributed by atoms with E-state index in [0.717, 1.165) is 0 Å². The first kappa shape index (κ1) is 10.1. The van der Waals surface area contributed by atoms with Gasteiger partial charge in [0, 0.05) is 25.1 Å². The van der Waals surface area contributed by atoms with E-state index in [0.29, 0.717) is 18.8 Å². The van der Waals surface area contributed by atoms with Gasteiger partial charge in [-0.2, -0.15) is 0 Å². The molecule has 3 nitrogen and oxygen atoms in total. The van der Waals surface area contributed by atoms with Gasteiger partial charge in [0.05, 0.1) is 12.7 Å². The number of methoxy groups -OCH3 is 1. The van der Waals surface area contributed by atoms with Crippen LogP contribution in [0.1, 0.15) is 10.4 Å². The van der Waals surface area contributed by atoms with Crippen LogP contribution in [0.3, 0.4) is 0 Å². The lowest BCUT2D eigenvalue weighted by Crippen LogP contribution is -2.46. The molecule has 2 rings (SSSR count). The van der Waals surface area contributed by atoms with Crippen molar-refractivity contribution in [2.45, 2.75) is 0 Å². The van der Waals surface area contributed by atoms with E-state index in [1.807, 2.05) is 0 Å². The smallest absolute Gasteiger partial charge is 0.171 e. The molecule has 4 heteroatoms. The van der Waals surface area contributed by atoms with Gasteiger partial charge < -0.3 is 10.1 Å². The summed E-state index contributed by atoms with van der Waals surface area (Å²) in [6, 6.07) is 4.32. The summed E-state index contributed by atoms with van der Waals surface area (Å²) in [5, 5.41) is 2.99. The summed E-state index contributed by atoms with van der Waals surface area (Å²) in [4.78, 5) is 11.7. The molecule has 1 saturated heterocycles. The van der Waals surface area contributed by atoms with Gasteiger partial charge in [0.1, 0.15) is 11.6 Å². The molecule has 0 saturated carbocycles. The van der Waals surface area contributed by atoms with E-state index >= 15 is 0 Å². The topological polar surface area (TPSA) is 38.3 Å². The average molecular weight is 209 g/mol. The number of benzene rings is 1. The molecule has 0 radical (unpaired) electrons. The maximum Gasteiger partial charge on any atom is 0.171 e. The number of carbonyl (C=O) groups excluding carboxylic acids is 1. The SMILES string of the molecule is COc1ccc(C(=O)C2CNC2)c(F)c1. The lowest BCUT2D eigenvalue weighted by Gasteiger charge is -2.25. The zero-order valence-electron chi connectivity index (χ0n) is 8.42. The minimum absolute atomic E-state index is 0.0760. The number of ether oxygens (including phenoxy) is 1. The van der Waals surface area contributed by atoms with Gasteiger partial charge in [0.25, 0.3) is 0 Å². The molecule has 1 aromatic rings. The number of hydrogen-bond donors (Lipinski definition) is 1. The molecule has 1 heterocycles. The Balaban J connectivity index is 2.24. The molecule has 1 aliphatic heterocycles. The molecular weight excluding hydrogens is 197 g/mol. The van der Waals surface area contributed by atoms with Crippen LogP contribution in [0.2, 0.25) is 0 Å². The van der Waals surface area contributed by atoms with E-state index in [4.69, 9.17) is 4.74 Å². The summed E-state index contributed by atoms with van der Waals surface area (Å²) in [5.74, 6) is -0.288. The van der Waals surface area contributed by atoms with Gasteiger partial charge in [0.15, 0.2) is 5.78 Å². The Labute approximate surface area is 87.2 Å². The molecule has 0 spiro atoms. The molecule has 1 aliphatic rings. The zero-order valence-corrected chi connectivity index (χ0v) is 8.42. The van der Waals surface area contributed by atoms with Crippen LogP contribution in [0.25, 0.3) is 0 Å². The van der Waals surface area contributed by atoms with E-state index in [1.54, 1.807) is 6.07 Å². The molecule has 0 atom stereocenters. The predicted molar refractivity (Wildman–Crippen MR) is 53.6 cm³/mol. The van der Waals surface area contributed by atoms with Gasteiger partial charge in [0.2, 0.25) is 0 Å². The standard InChI is InChI=1S/C11H12FNO2/c1-15-8-2-3-9(10(12)4-8)11(14)7-5-13-6-7/h2-4,7,13H,5-6H2,1H3. The van der Waals surface area contributed by atoms with Crippen molar-refractivity contribution in [3.63, 3.8) is 0 Å². The van der Waals surface area contributed by atoms with Crippen molar-refractivity contribution in [2.75, 3.05) is 20.2 Å². The van der Waals surface area contributed by atoms with Gasteiger partial charge in [-0.1, -0.05) is 0 Å². The van der Waals surface area contributed by atoms with E-state index in [1.165, 1.54) is 19.2 Å². The van der Waals surface area contributed by atoms with Crippen LogP contribution in [-0.4, -0.2) is 26.0 Å². The summed E-state index contributed by atoms with van der Waals surface area (Å²) in [5.41, 5.74) is 0.155. The third kappa shape index (κ3) is 1.85. The molecule has 80 valence electrons. The predicted octanol–water partition coefficient (Wildman–Crippen LogP) is 1.24. The van der Waals surface area contributed by atoms with Crippen LogP contribution in [0.4, 0.5) is 4.39 Å². The molecule has 1 aromatic carbocycles. The second-order valence-electron chi connectivity index (χ2n) is 3.57. The minimum Gasteiger partial charge on any atom is -0.497 e. The van der Waals surface area contributed by atoms with Gasteiger partial charge in [-0.15, -0.1) is 0 Å². The molecule has 0 bridgehead atoms. The van der Waals surface area contributed by atoms with E-state index in [2.05, 4.69) is 5.32 Å². The molecule has 0 unspecified atom stereocenters. The highest BCUT2D eigenvalue weighted by atomic mass is 19.1. The maximum absolute atomic E-state index is 13.5. The highest BCUT2D eigenvalue weighted by molar-refractivity contribution is 5.99. The van der Waals surface area contributed by atoms with E-state index < -0.39 is 5.82 Å². The lowest BCUT2D eigenvalue weighted by atomic mass is 9.92. The number of nitrogens with one attached hydrogen (secondary N) is 1. The van der Waals surface area contributed by atoms with Crippen molar-refractivity contribution in [3.05, 3.63) is 29.6 Å². The van der Waals surface area contributed by atoms with Gasteiger partial charge in [-0.05, 0) is 12.1 Å². The van der Waals surface area contributed by atoms with Crippen molar-refractivity contribution in [3.8, 4) is 5.75 Å². The van der Waals surface area contributed by atoms with Crippen LogP contribution < -0.4 is 10.1 Å². The molecular formula is C11H12FNO2. The molecule has 1 fully saturated rings. The fraction of sp³-hybridized carbons (Fsp3) is 0.364. The summed E-state index contributed by atoms with van der Waals surface area (Å²) < 4.78 is 18.4. The second kappa shape index (κ2) is 3.98. The normalized spacial score (nSPS) is 15.9. The van der Waals surface area contributed by atoms with Crippen molar-refractivity contribution in [1.82, 2.24) is 5.32 Å². The number of rotatable bonds is 3. The zero-order chi connectivity index (χ0) is 10.8. The quantitative estimate of drug-likeness (QED) is 0.761. The van der Waals surface area contributed by atoms with Crippen LogP contribution in [0.5, 0.6) is 5.75 Å². The number of Topliss-reactive ketones (excluding diaryl/α,β-unsaturated/α-hetero) is 1. The average Bonchev–Trinajstić information content (AvgIpc) is 2.14. The van der Waals surface area contributed by atoms with Crippen molar-refractivity contribution < 1.29 is 13.9 Å². The molecule has 0 aromatic heterocycles. The monoisotopic (exact) mass is 209 g/mol. The molecule has 1 N–H and O–H groups in total. The highest BCUT2D eigenvalue weighted by Crippen LogP contribution is 2.20. The Hall–Kier alpha value is -1.42. The van der Waals surface area contributed by atoms with E-state index in [9.17, 15) is 9.18 Å². The lowest BCUT2D eigenvalue weighted by molar-refractivity contribution is 0.0874. The summed E-state index contributed by atoms with van der Waals surface area (Å²) in [6.45, 7) is 1.29. The van der Waals surface area contributed by atoms with Crippen LogP contribution in [0.15, 0.2) is 18.2 Å². The molecule has 15 heavy (non-hydrogen) atoms. The van der Waals surface area contributed by atoms with Crippen molar-refractivity contribution >= 4 is 5.78 Å². The fourth-order valence-corrected chi connectivity index (χ4v) is 1.52. The van der Waals surface area contributed by atoms with Crippen LogP contribution in [-0.2, 0) is 0 Å². The first-order valence-electron chi connectivity index (χ1n) is 4.81. The first-order valence-corrected chi connectivity index (χ1v) is 4.81. The van der Waals surface area contributed by atoms with Gasteiger partial charge in [-0.25, -0.2) is 4.39 Å². The Bertz CT molecular complexity index is 388. The number of hydrogen-bond acceptors (Lipinski definition) is 3. The molecule has 0 aliphatic carbocycles. The Morgan fingerprint density at radius 3 is 2.73 bits per heavy atom. The fourth-order valence-electron chi connectivity index (χ4n) is 1.52. The van der Waals surface area contributed by atoms with Gasteiger partial charge in [-0.3, -0.25) is 4.79 Å². The summed E-state index contributed by atoms with van der Waals surface area (Å²) in [7, 11) is 1.46. The number of ketones is 1. The summed E-state index contributed by atoms with van der Waals surface area (Å²) >= 11 is 0. The Morgan fingerprint density at radius 1 is 1.53 bits per heavy atom. The third-order valence-electron chi connectivity index (χ3n) is 2.59. The molecule has 0 amide bonds. The number of carbonyl (C=O) groups is 1. The number of halogens is 1. The largest absolute Gasteiger partial charge is 0.497 e. The van der Waals surface area contributed by atoms with Crippen molar-refractivity contribution in [1.29, 1.82) is 0 Å². The van der Waals surface area contributed by atoms with Crippen LogP contribution in [0, 0.1) is 11.7 Å². The Morgan fingerprint density at radius 2 is 2.27 bits per heavy atom.